The highest BCUT2D eigenvalue weighted by atomic mass is 16.5. The highest BCUT2D eigenvalue weighted by Crippen LogP contribution is 2.04. The molecule has 0 saturated heterocycles. The van der Waals surface area contributed by atoms with Crippen LogP contribution in [0.1, 0.15) is 25.1 Å². The number of fused-ring (bicyclic) bond motifs is 1. The SMILES string of the molecule is Cc1cc2ncc(CNCCOCC(C)C)cn2n1. The van der Waals surface area contributed by atoms with Crippen LogP contribution in [0.5, 0.6) is 0 Å². The third-order valence-corrected chi connectivity index (χ3v) is 2.69. The molecule has 0 aromatic carbocycles. The van der Waals surface area contributed by atoms with Crippen molar-refractivity contribution < 1.29 is 4.74 Å². The molecule has 0 radical (unpaired) electrons. The van der Waals surface area contributed by atoms with Crippen LogP contribution in [0.15, 0.2) is 18.5 Å². The minimum absolute atomic E-state index is 0.592. The van der Waals surface area contributed by atoms with Gasteiger partial charge in [0, 0.05) is 43.7 Å². The van der Waals surface area contributed by atoms with E-state index >= 15 is 0 Å². The molecule has 19 heavy (non-hydrogen) atoms. The highest BCUT2D eigenvalue weighted by molar-refractivity contribution is 5.38. The quantitative estimate of drug-likeness (QED) is 0.773. The van der Waals surface area contributed by atoms with E-state index in [4.69, 9.17) is 4.74 Å². The number of hydrogen-bond donors (Lipinski definition) is 1. The van der Waals surface area contributed by atoms with Crippen LogP contribution < -0.4 is 5.32 Å². The van der Waals surface area contributed by atoms with Crippen molar-refractivity contribution in [2.24, 2.45) is 5.92 Å². The lowest BCUT2D eigenvalue weighted by atomic mass is 10.2. The monoisotopic (exact) mass is 262 g/mol. The summed E-state index contributed by atoms with van der Waals surface area (Å²) < 4.78 is 7.33. The van der Waals surface area contributed by atoms with Crippen molar-refractivity contribution in [3.8, 4) is 0 Å². The largest absolute Gasteiger partial charge is 0.380 e. The Morgan fingerprint density at radius 1 is 1.42 bits per heavy atom. The predicted octanol–water partition coefficient (Wildman–Crippen LogP) is 1.80. The molecule has 2 heterocycles. The van der Waals surface area contributed by atoms with Gasteiger partial charge in [-0.05, 0) is 12.8 Å². The average molecular weight is 262 g/mol. The molecular weight excluding hydrogens is 240 g/mol. The number of aryl methyl sites for hydroxylation is 1. The Hall–Kier alpha value is -1.46. The summed E-state index contributed by atoms with van der Waals surface area (Å²) in [5.74, 6) is 0.592. The van der Waals surface area contributed by atoms with Gasteiger partial charge in [-0.2, -0.15) is 5.10 Å². The number of hydrogen-bond acceptors (Lipinski definition) is 4. The van der Waals surface area contributed by atoms with E-state index in [2.05, 4.69) is 29.2 Å². The standard InChI is InChI=1S/C14H22N4O/c1-11(2)10-19-5-4-15-7-13-8-16-14-6-12(3)17-18(14)9-13/h6,8-9,11,15H,4-5,7,10H2,1-3H3. The molecule has 0 saturated carbocycles. The minimum Gasteiger partial charge on any atom is -0.380 e. The van der Waals surface area contributed by atoms with Crippen LogP contribution >= 0.6 is 0 Å². The van der Waals surface area contributed by atoms with Crippen molar-refractivity contribution in [3.63, 3.8) is 0 Å². The summed E-state index contributed by atoms with van der Waals surface area (Å²) in [6.07, 6.45) is 3.90. The zero-order valence-electron chi connectivity index (χ0n) is 11.9. The van der Waals surface area contributed by atoms with Crippen molar-refractivity contribution in [1.29, 1.82) is 0 Å². The van der Waals surface area contributed by atoms with Gasteiger partial charge in [-0.1, -0.05) is 13.8 Å². The topological polar surface area (TPSA) is 51.5 Å². The zero-order valence-corrected chi connectivity index (χ0v) is 11.9. The van der Waals surface area contributed by atoms with Crippen molar-refractivity contribution >= 4 is 5.65 Å². The zero-order chi connectivity index (χ0) is 13.7. The van der Waals surface area contributed by atoms with Crippen LogP contribution in [0.3, 0.4) is 0 Å². The maximum atomic E-state index is 5.51. The van der Waals surface area contributed by atoms with Crippen LogP contribution in [-0.4, -0.2) is 34.4 Å². The molecule has 0 bridgehead atoms. The van der Waals surface area contributed by atoms with Gasteiger partial charge in [-0.25, -0.2) is 9.50 Å². The Morgan fingerprint density at radius 2 is 2.26 bits per heavy atom. The summed E-state index contributed by atoms with van der Waals surface area (Å²) in [5.41, 5.74) is 3.00. The summed E-state index contributed by atoms with van der Waals surface area (Å²) in [4.78, 5) is 4.37. The third-order valence-electron chi connectivity index (χ3n) is 2.69. The molecule has 5 nitrogen and oxygen atoms in total. The van der Waals surface area contributed by atoms with Crippen molar-refractivity contribution in [3.05, 3.63) is 29.7 Å². The smallest absolute Gasteiger partial charge is 0.155 e. The molecule has 2 rings (SSSR count). The fourth-order valence-corrected chi connectivity index (χ4v) is 1.82. The normalized spacial score (nSPS) is 11.6. The van der Waals surface area contributed by atoms with E-state index in [1.807, 2.05) is 29.9 Å². The number of nitrogens with one attached hydrogen (secondary N) is 1. The second-order valence-electron chi connectivity index (χ2n) is 5.20. The molecule has 2 aromatic rings. The van der Waals surface area contributed by atoms with E-state index in [0.29, 0.717) is 5.92 Å². The molecule has 104 valence electrons. The second-order valence-corrected chi connectivity index (χ2v) is 5.20. The Bertz CT molecular complexity index is 521. The van der Waals surface area contributed by atoms with Crippen LogP contribution in [-0.2, 0) is 11.3 Å². The van der Waals surface area contributed by atoms with Gasteiger partial charge >= 0.3 is 0 Å². The number of rotatable bonds is 7. The van der Waals surface area contributed by atoms with Crippen LogP contribution in [0.2, 0.25) is 0 Å². The summed E-state index contributed by atoms with van der Waals surface area (Å²) in [6, 6.07) is 1.97. The lowest BCUT2D eigenvalue weighted by molar-refractivity contribution is 0.111. The molecule has 5 heteroatoms. The molecule has 0 aliphatic heterocycles. The number of aromatic nitrogens is 3. The third kappa shape index (κ3) is 4.29. The van der Waals surface area contributed by atoms with E-state index in [9.17, 15) is 0 Å². The Morgan fingerprint density at radius 3 is 3.05 bits per heavy atom. The lowest BCUT2D eigenvalue weighted by Crippen LogP contribution is -2.20. The second kappa shape index (κ2) is 6.63. The molecular formula is C14H22N4O. The molecule has 0 spiro atoms. The van der Waals surface area contributed by atoms with Crippen molar-refractivity contribution in [2.45, 2.75) is 27.3 Å². The van der Waals surface area contributed by atoms with E-state index in [1.54, 1.807) is 0 Å². The van der Waals surface area contributed by atoms with Gasteiger partial charge in [0.2, 0.25) is 0 Å². The minimum atomic E-state index is 0.592. The van der Waals surface area contributed by atoms with Gasteiger partial charge in [0.15, 0.2) is 5.65 Å². The van der Waals surface area contributed by atoms with Crippen molar-refractivity contribution in [1.82, 2.24) is 19.9 Å². The molecule has 0 aliphatic carbocycles. The average Bonchev–Trinajstić information content (AvgIpc) is 2.72. The first-order valence-electron chi connectivity index (χ1n) is 6.74. The van der Waals surface area contributed by atoms with E-state index in [1.165, 1.54) is 0 Å². The summed E-state index contributed by atoms with van der Waals surface area (Å²) in [6.45, 7) is 9.48. The van der Waals surface area contributed by atoms with Crippen LogP contribution in [0.25, 0.3) is 5.65 Å². The fourth-order valence-electron chi connectivity index (χ4n) is 1.82. The summed E-state index contributed by atoms with van der Waals surface area (Å²) in [7, 11) is 0. The van der Waals surface area contributed by atoms with Crippen molar-refractivity contribution in [2.75, 3.05) is 19.8 Å². The van der Waals surface area contributed by atoms with Gasteiger partial charge in [-0.3, -0.25) is 0 Å². The molecule has 1 N–H and O–H groups in total. The van der Waals surface area contributed by atoms with E-state index in [-0.39, 0.29) is 0 Å². The summed E-state index contributed by atoms with van der Waals surface area (Å²) >= 11 is 0. The Balaban J connectivity index is 1.75. The molecule has 0 fully saturated rings. The van der Waals surface area contributed by atoms with Crippen LogP contribution in [0.4, 0.5) is 0 Å². The predicted molar refractivity (Wildman–Crippen MR) is 75.1 cm³/mol. The van der Waals surface area contributed by atoms with Gasteiger partial charge in [0.1, 0.15) is 0 Å². The van der Waals surface area contributed by atoms with Gasteiger partial charge in [-0.15, -0.1) is 0 Å². The van der Waals surface area contributed by atoms with Crippen LogP contribution in [0, 0.1) is 12.8 Å². The Labute approximate surface area is 114 Å². The molecule has 0 aliphatic rings. The first-order chi connectivity index (χ1) is 9.15. The van der Waals surface area contributed by atoms with Gasteiger partial charge < -0.3 is 10.1 Å². The summed E-state index contributed by atoms with van der Waals surface area (Å²) in [5, 5.41) is 7.69. The van der Waals surface area contributed by atoms with E-state index in [0.717, 1.165) is 43.2 Å². The maximum absolute atomic E-state index is 5.51. The van der Waals surface area contributed by atoms with Gasteiger partial charge in [0.05, 0.1) is 12.3 Å². The van der Waals surface area contributed by atoms with Gasteiger partial charge in [0.25, 0.3) is 0 Å². The molecule has 2 aromatic heterocycles. The molecule has 0 amide bonds. The fraction of sp³-hybridized carbons (Fsp3) is 0.571. The highest BCUT2D eigenvalue weighted by Gasteiger charge is 2.00. The first kappa shape index (κ1) is 14.0. The maximum Gasteiger partial charge on any atom is 0.155 e. The first-order valence-corrected chi connectivity index (χ1v) is 6.74. The number of nitrogens with zero attached hydrogens (tertiary/aromatic N) is 3. The Kier molecular flexibility index (Phi) is 4.87. The van der Waals surface area contributed by atoms with E-state index < -0.39 is 0 Å². The molecule has 0 atom stereocenters. The number of ether oxygens (including phenoxy) is 1. The molecule has 0 unspecified atom stereocenters. The lowest BCUT2D eigenvalue weighted by Gasteiger charge is -2.08.